The monoisotopic (exact) mass is 522 g/mol. The van der Waals surface area contributed by atoms with E-state index in [1.54, 1.807) is 31.3 Å². The van der Waals surface area contributed by atoms with Crippen LogP contribution in [0.2, 0.25) is 0 Å². The van der Waals surface area contributed by atoms with Gasteiger partial charge in [-0.3, -0.25) is 20.2 Å². The first-order valence-electron chi connectivity index (χ1n) is 12.0. The number of hydrogen-bond donors (Lipinski definition) is 1. The van der Waals surface area contributed by atoms with E-state index in [2.05, 4.69) is 10.4 Å². The van der Waals surface area contributed by atoms with Crippen LogP contribution in [0.1, 0.15) is 10.4 Å². The van der Waals surface area contributed by atoms with Gasteiger partial charge < -0.3 is 14.4 Å². The summed E-state index contributed by atoms with van der Waals surface area (Å²) in [6, 6.07) is 13.7. The van der Waals surface area contributed by atoms with Gasteiger partial charge in [0, 0.05) is 49.5 Å². The van der Waals surface area contributed by atoms with Gasteiger partial charge in [-0.1, -0.05) is 30.3 Å². The van der Waals surface area contributed by atoms with E-state index in [0.717, 1.165) is 11.8 Å². The molecule has 4 aromatic rings. The Morgan fingerprint density at radius 2 is 1.95 bits per heavy atom. The molecular weight excluding hydrogens is 497 g/mol. The van der Waals surface area contributed by atoms with Crippen LogP contribution >= 0.6 is 0 Å². The average molecular weight is 523 g/mol. The summed E-state index contributed by atoms with van der Waals surface area (Å²) >= 11 is 0. The summed E-state index contributed by atoms with van der Waals surface area (Å²) in [7, 11) is 3.37. The van der Waals surface area contributed by atoms with E-state index >= 15 is 0 Å². The number of carbonyl (C=O) groups is 1. The molecule has 38 heavy (non-hydrogen) atoms. The number of halogens is 3. The van der Waals surface area contributed by atoms with Crippen molar-refractivity contribution in [2.75, 3.05) is 50.4 Å². The number of rotatable bonds is 7. The molecule has 5 rings (SSSR count). The van der Waals surface area contributed by atoms with Gasteiger partial charge in [0.1, 0.15) is 18.2 Å². The molecule has 1 amide bonds. The molecule has 0 aliphatic carbocycles. The molecule has 0 radical (unpaired) electrons. The standard InChI is InChI=1S/C28H25F3N4O3/c1-34(10-12-37-2)27-19-7-5-6-18(20-14-17(29)15-22(30)25(20)31)26(19)32-16-21(27)28(36)33-35-11-13-38-24-9-4-3-8-23(24)35/h3-9,14-16H,10-13H2,1-2H3,(H,33,36). The molecule has 0 atom stereocenters. The number of para-hydroxylation sites is 3. The zero-order chi connectivity index (χ0) is 26.8. The van der Waals surface area contributed by atoms with Gasteiger partial charge in [0.05, 0.1) is 35.6 Å². The van der Waals surface area contributed by atoms with E-state index in [-0.39, 0.29) is 16.7 Å². The second kappa shape index (κ2) is 10.6. The normalized spacial score (nSPS) is 12.7. The summed E-state index contributed by atoms with van der Waals surface area (Å²) in [6.07, 6.45) is 1.39. The first-order valence-corrected chi connectivity index (χ1v) is 12.0. The van der Waals surface area contributed by atoms with Gasteiger partial charge in [-0.15, -0.1) is 0 Å². The van der Waals surface area contributed by atoms with E-state index < -0.39 is 23.4 Å². The fraction of sp³-hybridized carbons (Fsp3) is 0.214. The molecule has 196 valence electrons. The van der Waals surface area contributed by atoms with Crippen molar-refractivity contribution in [1.29, 1.82) is 0 Å². The fourth-order valence-electron chi connectivity index (χ4n) is 4.56. The lowest BCUT2D eigenvalue weighted by molar-refractivity contribution is 0.0945. The SMILES string of the molecule is COCCN(C)c1c(C(=O)NN2CCOc3ccccc32)cnc2c(-c3cc(F)cc(F)c3F)cccc12. The number of nitrogens with zero attached hydrogens (tertiary/aromatic N) is 3. The van der Waals surface area contributed by atoms with Crippen molar-refractivity contribution in [2.45, 2.75) is 0 Å². The van der Waals surface area contributed by atoms with Gasteiger partial charge in [0.15, 0.2) is 11.6 Å². The third kappa shape index (κ3) is 4.70. The molecule has 0 bridgehead atoms. The van der Waals surface area contributed by atoms with Crippen molar-refractivity contribution >= 4 is 28.2 Å². The van der Waals surface area contributed by atoms with Crippen molar-refractivity contribution < 1.29 is 27.4 Å². The molecule has 0 saturated heterocycles. The summed E-state index contributed by atoms with van der Waals surface area (Å²) in [6.45, 7) is 1.64. The number of pyridine rings is 1. The maximum absolute atomic E-state index is 14.7. The summed E-state index contributed by atoms with van der Waals surface area (Å²) < 4.78 is 53.7. The number of hydrogen-bond acceptors (Lipinski definition) is 6. The van der Waals surface area contributed by atoms with Crippen LogP contribution in [-0.4, -0.2) is 51.4 Å². The van der Waals surface area contributed by atoms with Crippen LogP contribution in [0.4, 0.5) is 24.5 Å². The summed E-state index contributed by atoms with van der Waals surface area (Å²) in [5.74, 6) is -3.14. The minimum absolute atomic E-state index is 0.203. The lowest BCUT2D eigenvalue weighted by Crippen LogP contribution is -2.47. The highest BCUT2D eigenvalue weighted by Gasteiger charge is 2.25. The van der Waals surface area contributed by atoms with Crippen molar-refractivity contribution in [3.05, 3.63) is 83.8 Å². The Labute approximate surface area is 217 Å². The maximum atomic E-state index is 14.7. The smallest absolute Gasteiger partial charge is 0.273 e. The number of anilines is 2. The topological polar surface area (TPSA) is 66.9 Å². The Hall–Kier alpha value is -4.31. The molecular formula is C28H25F3N4O3. The fourth-order valence-corrected chi connectivity index (χ4v) is 4.56. The first kappa shape index (κ1) is 25.3. The van der Waals surface area contributed by atoms with E-state index in [1.165, 1.54) is 12.3 Å². The molecule has 2 heterocycles. The van der Waals surface area contributed by atoms with Gasteiger partial charge in [0.25, 0.3) is 5.91 Å². The predicted octanol–water partition coefficient (Wildman–Crippen LogP) is 4.95. The third-order valence-electron chi connectivity index (χ3n) is 6.37. The van der Waals surface area contributed by atoms with Gasteiger partial charge in [0.2, 0.25) is 0 Å². The Morgan fingerprint density at radius 1 is 1.13 bits per heavy atom. The molecule has 1 N–H and O–H groups in total. The van der Waals surface area contributed by atoms with Gasteiger partial charge in [-0.2, -0.15) is 0 Å². The number of ether oxygens (including phenoxy) is 2. The molecule has 1 aliphatic heterocycles. The number of hydrazine groups is 1. The van der Waals surface area contributed by atoms with Crippen LogP contribution in [-0.2, 0) is 4.74 Å². The van der Waals surface area contributed by atoms with Crippen molar-refractivity contribution in [3.63, 3.8) is 0 Å². The summed E-state index contributed by atoms with van der Waals surface area (Å²) in [5.41, 5.74) is 4.69. The van der Waals surface area contributed by atoms with Crippen LogP contribution in [0, 0.1) is 17.5 Å². The number of likely N-dealkylation sites (N-methyl/N-ethyl adjacent to an activating group) is 1. The summed E-state index contributed by atoms with van der Waals surface area (Å²) in [4.78, 5) is 19.9. The van der Waals surface area contributed by atoms with E-state index in [1.807, 2.05) is 29.2 Å². The van der Waals surface area contributed by atoms with Crippen LogP contribution < -0.4 is 20.1 Å². The minimum Gasteiger partial charge on any atom is -0.489 e. The molecule has 0 fully saturated rings. The highest BCUT2D eigenvalue weighted by molar-refractivity contribution is 6.10. The quantitative estimate of drug-likeness (QED) is 0.347. The van der Waals surface area contributed by atoms with E-state index in [0.29, 0.717) is 54.7 Å². The Balaban J connectivity index is 1.62. The Morgan fingerprint density at radius 3 is 2.76 bits per heavy atom. The van der Waals surface area contributed by atoms with Crippen LogP contribution in [0.15, 0.2) is 60.8 Å². The van der Waals surface area contributed by atoms with Gasteiger partial charge in [-0.25, -0.2) is 13.2 Å². The number of methoxy groups -OCH3 is 1. The number of carbonyl (C=O) groups excluding carboxylic acids is 1. The predicted molar refractivity (Wildman–Crippen MR) is 139 cm³/mol. The zero-order valence-electron chi connectivity index (χ0n) is 20.8. The number of benzene rings is 3. The van der Waals surface area contributed by atoms with Crippen molar-refractivity contribution in [2.24, 2.45) is 0 Å². The van der Waals surface area contributed by atoms with Crippen LogP contribution in [0.25, 0.3) is 22.0 Å². The number of aromatic nitrogens is 1. The lowest BCUT2D eigenvalue weighted by Gasteiger charge is -2.32. The van der Waals surface area contributed by atoms with E-state index in [4.69, 9.17) is 9.47 Å². The highest BCUT2D eigenvalue weighted by Crippen LogP contribution is 2.37. The molecule has 10 heteroatoms. The zero-order valence-corrected chi connectivity index (χ0v) is 20.8. The summed E-state index contributed by atoms with van der Waals surface area (Å²) in [5, 5.41) is 2.23. The number of fused-ring (bicyclic) bond motifs is 2. The Bertz CT molecular complexity index is 1510. The second-order valence-corrected chi connectivity index (χ2v) is 8.79. The second-order valence-electron chi connectivity index (χ2n) is 8.79. The molecule has 0 unspecified atom stereocenters. The van der Waals surface area contributed by atoms with Gasteiger partial charge in [-0.05, 0) is 18.2 Å². The molecule has 1 aliphatic rings. The van der Waals surface area contributed by atoms with Gasteiger partial charge >= 0.3 is 0 Å². The third-order valence-corrected chi connectivity index (χ3v) is 6.37. The first-order chi connectivity index (χ1) is 18.4. The molecule has 0 saturated carbocycles. The largest absolute Gasteiger partial charge is 0.489 e. The van der Waals surface area contributed by atoms with Crippen molar-refractivity contribution in [1.82, 2.24) is 10.4 Å². The molecule has 7 nitrogen and oxygen atoms in total. The minimum atomic E-state index is -1.30. The van der Waals surface area contributed by atoms with Crippen LogP contribution in [0.5, 0.6) is 5.75 Å². The van der Waals surface area contributed by atoms with Crippen molar-refractivity contribution in [3.8, 4) is 16.9 Å². The van der Waals surface area contributed by atoms with Crippen LogP contribution in [0.3, 0.4) is 0 Å². The number of amides is 1. The molecule has 3 aromatic carbocycles. The average Bonchev–Trinajstić information content (AvgIpc) is 2.92. The Kier molecular flexibility index (Phi) is 7.06. The highest BCUT2D eigenvalue weighted by atomic mass is 19.2. The molecule has 1 aromatic heterocycles. The maximum Gasteiger partial charge on any atom is 0.273 e. The lowest BCUT2D eigenvalue weighted by atomic mass is 9.98. The van der Waals surface area contributed by atoms with E-state index in [9.17, 15) is 18.0 Å². The number of nitrogens with one attached hydrogen (secondary N) is 1. The molecule has 0 spiro atoms.